The van der Waals surface area contributed by atoms with Gasteiger partial charge in [0.2, 0.25) is 5.91 Å². The number of hydrogen-bond donors (Lipinski definition) is 1. The highest BCUT2D eigenvalue weighted by Gasteiger charge is 2.43. The summed E-state index contributed by atoms with van der Waals surface area (Å²) in [5, 5.41) is 3.63. The number of amides is 2. The number of nitrogens with zero attached hydrogens (tertiary/aromatic N) is 2. The quantitative estimate of drug-likeness (QED) is 0.488. The summed E-state index contributed by atoms with van der Waals surface area (Å²) in [6.07, 6.45) is 1.61. The second kappa shape index (κ2) is 9.73. The molecule has 1 saturated heterocycles. The normalized spacial score (nSPS) is 16.0. The predicted molar refractivity (Wildman–Crippen MR) is 123 cm³/mol. The molecule has 0 unspecified atom stereocenters. The standard InChI is InChI=1S/C22H22ClN3O3S/c1-3-12-25-19(14-20(27)24-16-8-10-18(11-9-16)29-4-2)21(28)26(22(25)30)17-7-5-6-15(23)13-17/h3,5-11,13,19H,1,4,12,14H2,2H3,(H,24,27)/t19-/m0/s1. The monoisotopic (exact) mass is 443 g/mol. The van der Waals surface area contributed by atoms with Crippen molar-refractivity contribution in [3.05, 3.63) is 66.2 Å². The van der Waals surface area contributed by atoms with Crippen molar-refractivity contribution in [1.29, 1.82) is 0 Å². The Morgan fingerprint density at radius 3 is 2.67 bits per heavy atom. The van der Waals surface area contributed by atoms with E-state index >= 15 is 0 Å². The van der Waals surface area contributed by atoms with Crippen molar-refractivity contribution in [1.82, 2.24) is 4.90 Å². The molecule has 1 aliphatic heterocycles. The zero-order valence-corrected chi connectivity index (χ0v) is 18.1. The van der Waals surface area contributed by atoms with Gasteiger partial charge in [-0.25, -0.2) is 0 Å². The molecule has 1 atom stereocenters. The largest absolute Gasteiger partial charge is 0.494 e. The Morgan fingerprint density at radius 1 is 1.30 bits per heavy atom. The molecule has 2 aromatic carbocycles. The van der Waals surface area contributed by atoms with E-state index < -0.39 is 6.04 Å². The van der Waals surface area contributed by atoms with E-state index in [9.17, 15) is 9.59 Å². The highest BCUT2D eigenvalue weighted by molar-refractivity contribution is 7.80. The van der Waals surface area contributed by atoms with Gasteiger partial charge in [-0.15, -0.1) is 6.58 Å². The van der Waals surface area contributed by atoms with Gasteiger partial charge in [0, 0.05) is 17.3 Å². The van der Waals surface area contributed by atoms with Crippen LogP contribution in [0.25, 0.3) is 0 Å². The highest BCUT2D eigenvalue weighted by atomic mass is 35.5. The second-order valence-electron chi connectivity index (χ2n) is 6.60. The Bertz CT molecular complexity index is 964. The van der Waals surface area contributed by atoms with Crippen molar-refractivity contribution >= 4 is 52.1 Å². The van der Waals surface area contributed by atoms with Crippen LogP contribution in [0, 0.1) is 0 Å². The molecule has 1 aliphatic rings. The van der Waals surface area contributed by atoms with Crippen LogP contribution in [0.2, 0.25) is 5.02 Å². The molecule has 0 spiro atoms. The third-order valence-electron chi connectivity index (χ3n) is 4.54. The summed E-state index contributed by atoms with van der Waals surface area (Å²) in [4.78, 5) is 28.9. The number of halogens is 1. The molecule has 0 aliphatic carbocycles. The third-order valence-corrected chi connectivity index (χ3v) is 5.19. The third kappa shape index (κ3) is 4.80. The lowest BCUT2D eigenvalue weighted by Gasteiger charge is -2.22. The molecule has 3 rings (SSSR count). The van der Waals surface area contributed by atoms with Gasteiger partial charge in [-0.05, 0) is 61.6 Å². The molecule has 8 heteroatoms. The topological polar surface area (TPSA) is 61.9 Å². The number of rotatable bonds is 8. The Morgan fingerprint density at radius 2 is 2.03 bits per heavy atom. The molecule has 0 aromatic heterocycles. The second-order valence-corrected chi connectivity index (χ2v) is 7.40. The maximum atomic E-state index is 13.1. The minimum absolute atomic E-state index is 0.0446. The first kappa shape index (κ1) is 21.8. The van der Waals surface area contributed by atoms with Gasteiger partial charge in [-0.3, -0.25) is 14.5 Å². The van der Waals surface area contributed by atoms with Gasteiger partial charge in [-0.2, -0.15) is 0 Å². The van der Waals surface area contributed by atoms with Gasteiger partial charge >= 0.3 is 0 Å². The van der Waals surface area contributed by atoms with Gasteiger partial charge in [0.15, 0.2) is 5.11 Å². The fourth-order valence-corrected chi connectivity index (χ4v) is 3.80. The molecule has 0 radical (unpaired) electrons. The van der Waals surface area contributed by atoms with E-state index in [0.717, 1.165) is 5.75 Å². The Kier molecular flexibility index (Phi) is 7.07. The highest BCUT2D eigenvalue weighted by Crippen LogP contribution is 2.29. The molecule has 1 heterocycles. The number of ether oxygens (including phenoxy) is 1. The van der Waals surface area contributed by atoms with Crippen LogP contribution in [0.5, 0.6) is 5.75 Å². The molecule has 0 bridgehead atoms. The summed E-state index contributed by atoms with van der Waals surface area (Å²) in [6, 6.07) is 13.2. The molecule has 1 fully saturated rings. The fraction of sp³-hybridized carbons (Fsp3) is 0.227. The molecule has 0 saturated carbocycles. The lowest BCUT2D eigenvalue weighted by Crippen LogP contribution is -2.37. The molecular formula is C22H22ClN3O3S. The van der Waals surface area contributed by atoms with Crippen LogP contribution in [-0.2, 0) is 9.59 Å². The van der Waals surface area contributed by atoms with Crippen molar-refractivity contribution in [2.24, 2.45) is 0 Å². The molecule has 1 N–H and O–H groups in total. The van der Waals surface area contributed by atoms with Crippen molar-refractivity contribution in [3.8, 4) is 5.75 Å². The van der Waals surface area contributed by atoms with Crippen LogP contribution in [0.3, 0.4) is 0 Å². The smallest absolute Gasteiger partial charge is 0.256 e. The number of nitrogens with one attached hydrogen (secondary N) is 1. The first-order chi connectivity index (χ1) is 14.4. The van der Waals surface area contributed by atoms with Crippen molar-refractivity contribution < 1.29 is 14.3 Å². The minimum Gasteiger partial charge on any atom is -0.494 e. The van der Waals surface area contributed by atoms with Gasteiger partial charge < -0.3 is 15.0 Å². The first-order valence-electron chi connectivity index (χ1n) is 9.48. The van der Waals surface area contributed by atoms with Crippen LogP contribution in [0.4, 0.5) is 11.4 Å². The van der Waals surface area contributed by atoms with E-state index in [4.69, 9.17) is 28.6 Å². The Balaban J connectivity index is 1.75. The van der Waals surface area contributed by atoms with E-state index in [1.165, 1.54) is 4.90 Å². The summed E-state index contributed by atoms with van der Waals surface area (Å²) in [6.45, 7) is 6.56. The van der Waals surface area contributed by atoms with Gasteiger partial charge in [0.05, 0.1) is 18.7 Å². The van der Waals surface area contributed by atoms with Gasteiger partial charge in [-0.1, -0.05) is 23.7 Å². The molecule has 2 aromatic rings. The van der Waals surface area contributed by atoms with Crippen LogP contribution in [-0.4, -0.2) is 41.0 Å². The lowest BCUT2D eigenvalue weighted by atomic mass is 10.1. The lowest BCUT2D eigenvalue weighted by molar-refractivity contribution is -0.124. The zero-order chi connectivity index (χ0) is 21.7. The van der Waals surface area contributed by atoms with Crippen LogP contribution >= 0.6 is 23.8 Å². The van der Waals surface area contributed by atoms with Crippen molar-refractivity contribution in [2.45, 2.75) is 19.4 Å². The molecule has 2 amide bonds. The summed E-state index contributed by atoms with van der Waals surface area (Å²) in [5.74, 6) is 0.161. The summed E-state index contributed by atoms with van der Waals surface area (Å²) >= 11 is 11.6. The van der Waals surface area contributed by atoms with Gasteiger partial charge in [0.1, 0.15) is 11.8 Å². The van der Waals surface area contributed by atoms with E-state index in [1.54, 1.807) is 59.5 Å². The van der Waals surface area contributed by atoms with Crippen LogP contribution < -0.4 is 15.0 Å². The summed E-state index contributed by atoms with van der Waals surface area (Å²) in [7, 11) is 0. The zero-order valence-electron chi connectivity index (χ0n) is 16.5. The Hall–Kier alpha value is -2.90. The predicted octanol–water partition coefficient (Wildman–Crippen LogP) is 4.26. The van der Waals surface area contributed by atoms with E-state index in [-0.39, 0.29) is 18.2 Å². The molecule has 156 valence electrons. The van der Waals surface area contributed by atoms with Crippen LogP contribution in [0.1, 0.15) is 13.3 Å². The van der Waals surface area contributed by atoms with Crippen molar-refractivity contribution in [3.63, 3.8) is 0 Å². The van der Waals surface area contributed by atoms with E-state index in [0.29, 0.717) is 34.7 Å². The number of carbonyl (C=O) groups is 2. The molecule has 30 heavy (non-hydrogen) atoms. The average Bonchev–Trinajstić information content (AvgIpc) is 2.94. The first-order valence-corrected chi connectivity index (χ1v) is 10.3. The fourth-order valence-electron chi connectivity index (χ4n) is 3.22. The van der Waals surface area contributed by atoms with Gasteiger partial charge in [0.25, 0.3) is 5.91 Å². The average molecular weight is 444 g/mol. The minimum atomic E-state index is -0.725. The maximum absolute atomic E-state index is 13.1. The number of benzene rings is 2. The SMILES string of the molecule is C=CCN1C(=S)N(c2cccc(Cl)c2)C(=O)[C@@H]1CC(=O)Nc1ccc(OCC)cc1. The summed E-state index contributed by atoms with van der Waals surface area (Å²) in [5.41, 5.74) is 1.19. The van der Waals surface area contributed by atoms with Crippen LogP contribution in [0.15, 0.2) is 61.2 Å². The number of anilines is 2. The maximum Gasteiger partial charge on any atom is 0.256 e. The number of thiocarbonyl (C=S) groups is 1. The summed E-state index contributed by atoms with van der Waals surface area (Å²) < 4.78 is 5.40. The Labute approximate surface area is 186 Å². The molecule has 6 nitrogen and oxygen atoms in total. The van der Waals surface area contributed by atoms with Crippen molar-refractivity contribution in [2.75, 3.05) is 23.4 Å². The molecular weight excluding hydrogens is 422 g/mol. The van der Waals surface area contributed by atoms with E-state index in [1.807, 2.05) is 6.92 Å². The number of hydrogen-bond acceptors (Lipinski definition) is 4. The number of carbonyl (C=O) groups excluding carboxylic acids is 2. The van der Waals surface area contributed by atoms with E-state index in [2.05, 4.69) is 11.9 Å².